The van der Waals surface area contributed by atoms with E-state index in [4.69, 9.17) is 21.1 Å². The highest BCUT2D eigenvalue weighted by molar-refractivity contribution is 7.10. The lowest BCUT2D eigenvalue weighted by molar-refractivity contribution is -0.385. The SMILES string of the molecule is CCOC(=O)C1=C(COC(=O)c2ccc(Cl)cc2[N+](=O)[O-])NC(=O)N[C@H]1c1cccs1. The predicted molar refractivity (Wildman–Crippen MR) is 111 cm³/mol. The van der Waals surface area contributed by atoms with Crippen LogP contribution in [0.25, 0.3) is 0 Å². The van der Waals surface area contributed by atoms with Gasteiger partial charge in [0.05, 0.1) is 28.8 Å². The van der Waals surface area contributed by atoms with E-state index in [2.05, 4.69) is 10.6 Å². The Bertz CT molecular complexity index is 1070. The topological polar surface area (TPSA) is 137 Å². The van der Waals surface area contributed by atoms with Crippen LogP contribution in [0.5, 0.6) is 0 Å². The van der Waals surface area contributed by atoms with Crippen molar-refractivity contribution in [2.75, 3.05) is 13.2 Å². The maximum atomic E-state index is 12.6. The molecule has 0 aliphatic carbocycles. The van der Waals surface area contributed by atoms with Gasteiger partial charge in [0, 0.05) is 16.0 Å². The molecule has 2 N–H and O–H groups in total. The average molecular weight is 466 g/mol. The Morgan fingerprint density at radius 2 is 2.03 bits per heavy atom. The third-order valence-electron chi connectivity index (χ3n) is 4.20. The Kier molecular flexibility index (Phi) is 6.88. The molecule has 12 heteroatoms. The molecule has 2 heterocycles. The molecule has 0 saturated carbocycles. The molecule has 10 nitrogen and oxygen atoms in total. The first-order chi connectivity index (χ1) is 14.8. The van der Waals surface area contributed by atoms with Crippen LogP contribution in [0.1, 0.15) is 28.2 Å². The highest BCUT2D eigenvalue weighted by atomic mass is 35.5. The first kappa shape index (κ1) is 22.2. The first-order valence-electron chi connectivity index (χ1n) is 8.94. The molecule has 31 heavy (non-hydrogen) atoms. The zero-order chi connectivity index (χ0) is 22.5. The molecule has 1 atom stereocenters. The normalized spacial score (nSPS) is 15.7. The summed E-state index contributed by atoms with van der Waals surface area (Å²) in [5.41, 5.74) is -0.751. The maximum Gasteiger partial charge on any atom is 0.345 e. The van der Waals surface area contributed by atoms with Crippen molar-refractivity contribution in [3.63, 3.8) is 0 Å². The Labute approximate surface area is 184 Å². The van der Waals surface area contributed by atoms with Gasteiger partial charge in [0.25, 0.3) is 5.69 Å². The molecule has 2 aromatic rings. The van der Waals surface area contributed by atoms with Crippen molar-refractivity contribution in [1.29, 1.82) is 0 Å². The van der Waals surface area contributed by atoms with Gasteiger partial charge >= 0.3 is 18.0 Å². The summed E-state index contributed by atoms with van der Waals surface area (Å²) in [4.78, 5) is 48.4. The molecule has 0 fully saturated rings. The Morgan fingerprint density at radius 1 is 1.26 bits per heavy atom. The van der Waals surface area contributed by atoms with Crippen molar-refractivity contribution in [3.8, 4) is 0 Å². The number of nitro groups is 1. The van der Waals surface area contributed by atoms with E-state index in [-0.39, 0.29) is 28.5 Å². The second-order valence-electron chi connectivity index (χ2n) is 6.15. The monoisotopic (exact) mass is 465 g/mol. The number of carbonyl (C=O) groups is 3. The van der Waals surface area contributed by atoms with Crippen molar-refractivity contribution in [1.82, 2.24) is 10.6 Å². The third kappa shape index (κ3) is 5.01. The summed E-state index contributed by atoms with van der Waals surface area (Å²) < 4.78 is 10.3. The summed E-state index contributed by atoms with van der Waals surface area (Å²) in [7, 11) is 0. The number of halogens is 1. The number of amides is 2. The molecule has 0 radical (unpaired) electrons. The molecule has 0 bridgehead atoms. The van der Waals surface area contributed by atoms with E-state index in [1.54, 1.807) is 24.4 Å². The number of benzene rings is 1. The molecular formula is C19H16ClN3O7S. The van der Waals surface area contributed by atoms with E-state index in [0.717, 1.165) is 6.07 Å². The fourth-order valence-corrected chi connectivity index (χ4v) is 3.85. The number of thiophene rings is 1. The number of rotatable bonds is 7. The average Bonchev–Trinajstić information content (AvgIpc) is 3.26. The third-order valence-corrected chi connectivity index (χ3v) is 5.37. The van der Waals surface area contributed by atoms with Crippen molar-refractivity contribution in [2.45, 2.75) is 13.0 Å². The Balaban J connectivity index is 1.92. The molecule has 0 spiro atoms. The highest BCUT2D eigenvalue weighted by Crippen LogP contribution is 2.31. The second kappa shape index (κ2) is 9.58. The van der Waals surface area contributed by atoms with Gasteiger partial charge in [0.2, 0.25) is 0 Å². The summed E-state index contributed by atoms with van der Waals surface area (Å²) in [5, 5.41) is 18.2. The van der Waals surface area contributed by atoms with Gasteiger partial charge in [-0.15, -0.1) is 11.3 Å². The molecule has 1 aromatic carbocycles. The Morgan fingerprint density at radius 3 is 2.68 bits per heavy atom. The van der Waals surface area contributed by atoms with Crippen LogP contribution in [0.15, 0.2) is 47.0 Å². The van der Waals surface area contributed by atoms with E-state index in [1.165, 1.54) is 23.5 Å². The summed E-state index contributed by atoms with van der Waals surface area (Å²) in [6.45, 7) is 1.21. The minimum Gasteiger partial charge on any atom is -0.463 e. The lowest BCUT2D eigenvalue weighted by atomic mass is 10.0. The van der Waals surface area contributed by atoms with Gasteiger partial charge in [-0.1, -0.05) is 17.7 Å². The minimum atomic E-state index is -1.01. The zero-order valence-electron chi connectivity index (χ0n) is 16.0. The molecular weight excluding hydrogens is 450 g/mol. The molecule has 0 unspecified atom stereocenters. The van der Waals surface area contributed by atoms with Crippen molar-refractivity contribution in [3.05, 3.63) is 72.6 Å². The minimum absolute atomic E-state index is 0.0190. The summed E-state index contributed by atoms with van der Waals surface area (Å²) in [5.74, 6) is -1.71. The maximum absolute atomic E-state index is 12.6. The number of nitro benzene ring substituents is 1. The zero-order valence-corrected chi connectivity index (χ0v) is 17.6. The standard InChI is InChI=1S/C19H16ClN3O7S/c1-2-29-18(25)15-12(21-19(26)22-16(15)14-4-3-7-31-14)9-30-17(24)11-6-5-10(20)8-13(11)23(27)28/h3-8,16H,2,9H2,1H3,(H2,21,22,26)/t16-/m0/s1. The van der Waals surface area contributed by atoms with E-state index in [9.17, 15) is 24.5 Å². The largest absolute Gasteiger partial charge is 0.463 e. The van der Waals surface area contributed by atoms with Gasteiger partial charge < -0.3 is 20.1 Å². The van der Waals surface area contributed by atoms with Crippen LogP contribution in [-0.4, -0.2) is 36.1 Å². The number of nitrogens with one attached hydrogen (secondary N) is 2. The van der Waals surface area contributed by atoms with E-state index in [1.807, 2.05) is 0 Å². The number of ether oxygens (including phenoxy) is 2. The fourth-order valence-electron chi connectivity index (χ4n) is 2.89. The van der Waals surface area contributed by atoms with Crippen molar-refractivity contribution < 1.29 is 28.8 Å². The van der Waals surface area contributed by atoms with Gasteiger partial charge in [-0.25, -0.2) is 14.4 Å². The number of nitrogens with zero attached hydrogens (tertiary/aromatic N) is 1. The molecule has 1 aromatic heterocycles. The highest BCUT2D eigenvalue weighted by Gasteiger charge is 2.35. The van der Waals surface area contributed by atoms with Gasteiger partial charge in [0.15, 0.2) is 0 Å². The fraction of sp³-hybridized carbons (Fsp3) is 0.211. The van der Waals surface area contributed by atoms with Crippen molar-refractivity contribution >= 4 is 46.6 Å². The van der Waals surface area contributed by atoms with Gasteiger partial charge in [0.1, 0.15) is 12.2 Å². The summed E-state index contributed by atoms with van der Waals surface area (Å²) >= 11 is 7.08. The molecule has 3 rings (SSSR count). The van der Waals surface area contributed by atoms with Gasteiger partial charge in [-0.2, -0.15) is 0 Å². The first-order valence-corrected chi connectivity index (χ1v) is 10.2. The van der Waals surface area contributed by atoms with Crippen LogP contribution in [-0.2, 0) is 14.3 Å². The molecule has 0 saturated heterocycles. The molecule has 162 valence electrons. The summed E-state index contributed by atoms with van der Waals surface area (Å²) in [6.07, 6.45) is 0. The lowest BCUT2D eigenvalue weighted by Gasteiger charge is -2.28. The van der Waals surface area contributed by atoms with Crippen molar-refractivity contribution in [2.24, 2.45) is 0 Å². The molecule has 2 amide bonds. The van der Waals surface area contributed by atoms with Gasteiger partial charge in [-0.05, 0) is 30.5 Å². The van der Waals surface area contributed by atoms with Gasteiger partial charge in [-0.3, -0.25) is 10.1 Å². The Hall–Kier alpha value is -3.44. The molecule has 1 aliphatic rings. The second-order valence-corrected chi connectivity index (χ2v) is 7.57. The van der Waals surface area contributed by atoms with E-state index >= 15 is 0 Å². The number of hydrogen-bond acceptors (Lipinski definition) is 8. The quantitative estimate of drug-likeness (QED) is 0.363. The number of urea groups is 1. The van der Waals surface area contributed by atoms with Crippen LogP contribution in [0.3, 0.4) is 0 Å². The van der Waals surface area contributed by atoms with Crippen LogP contribution >= 0.6 is 22.9 Å². The number of esters is 2. The number of hydrogen-bond donors (Lipinski definition) is 2. The van der Waals surface area contributed by atoms with Crippen LogP contribution in [0, 0.1) is 10.1 Å². The predicted octanol–water partition coefficient (Wildman–Crippen LogP) is 3.34. The molecule has 1 aliphatic heterocycles. The lowest BCUT2D eigenvalue weighted by Crippen LogP contribution is -2.46. The van der Waals surface area contributed by atoms with Crippen LogP contribution in [0.4, 0.5) is 10.5 Å². The summed E-state index contributed by atoms with van der Waals surface area (Å²) in [6, 6.07) is 5.60. The van der Waals surface area contributed by atoms with Crippen LogP contribution in [0.2, 0.25) is 5.02 Å². The smallest absolute Gasteiger partial charge is 0.345 e. The van der Waals surface area contributed by atoms with E-state index < -0.39 is 41.2 Å². The van der Waals surface area contributed by atoms with E-state index in [0.29, 0.717) is 4.88 Å². The van der Waals surface area contributed by atoms with Crippen LogP contribution < -0.4 is 10.6 Å². The number of carbonyl (C=O) groups excluding carboxylic acids is 3.